The van der Waals surface area contributed by atoms with Crippen LogP contribution in [0.4, 0.5) is 11.5 Å². The second-order valence-electron chi connectivity index (χ2n) is 7.50. The summed E-state index contributed by atoms with van der Waals surface area (Å²) in [6, 6.07) is 16.5. The smallest absolute Gasteiger partial charge is 0.217 e. The van der Waals surface area contributed by atoms with Gasteiger partial charge in [0.05, 0.1) is 12.8 Å². The number of benzene rings is 1. The number of anilines is 2. The average Bonchev–Trinajstić information content (AvgIpc) is 3.27. The molecule has 0 amide bonds. The normalized spacial score (nSPS) is 11.1. The summed E-state index contributed by atoms with van der Waals surface area (Å²) in [5.74, 6) is 1.31. The molecule has 1 N–H and O–H groups in total. The highest BCUT2D eigenvalue weighted by molar-refractivity contribution is 7.09. The molecule has 2 aromatic heterocycles. The molecule has 1 aromatic carbocycles. The van der Waals surface area contributed by atoms with Gasteiger partial charge in [0.15, 0.2) is 5.82 Å². The van der Waals surface area contributed by atoms with E-state index in [2.05, 4.69) is 70.8 Å². The zero-order chi connectivity index (χ0) is 21.9. The molecule has 0 aliphatic carbocycles. The first-order valence-corrected chi connectivity index (χ1v) is 11.8. The van der Waals surface area contributed by atoms with Crippen LogP contribution in [0.1, 0.15) is 42.7 Å². The molecule has 3 rings (SSSR count). The van der Waals surface area contributed by atoms with Gasteiger partial charge in [-0.3, -0.25) is 5.43 Å². The molecule has 0 unspecified atom stereocenters. The topological polar surface area (TPSA) is 49.8 Å². The Morgan fingerprint density at radius 1 is 1.10 bits per heavy atom. The predicted octanol–water partition coefficient (Wildman–Crippen LogP) is 6.15. The van der Waals surface area contributed by atoms with Gasteiger partial charge in [0.2, 0.25) is 5.88 Å². The Kier molecular flexibility index (Phi) is 8.91. The highest BCUT2D eigenvalue weighted by atomic mass is 32.1. The van der Waals surface area contributed by atoms with Crippen molar-refractivity contribution in [3.8, 4) is 5.88 Å². The zero-order valence-electron chi connectivity index (χ0n) is 18.7. The number of rotatable bonds is 12. The highest BCUT2D eigenvalue weighted by Crippen LogP contribution is 2.25. The van der Waals surface area contributed by atoms with Crippen LogP contribution in [0.5, 0.6) is 5.88 Å². The first kappa shape index (κ1) is 22.8. The van der Waals surface area contributed by atoms with Crippen molar-refractivity contribution in [1.29, 1.82) is 0 Å². The second kappa shape index (κ2) is 12.1. The Labute approximate surface area is 189 Å². The lowest BCUT2D eigenvalue weighted by Crippen LogP contribution is -2.25. The first-order valence-electron chi connectivity index (χ1n) is 11.0. The Balaban J connectivity index is 1.75. The SMILES string of the molecule is CCCN(CCC)c1cc(N/N=C/c2cccc(C)c2)nc(OCCc2cccs2)c1. The number of aromatic nitrogens is 1. The van der Waals surface area contributed by atoms with Crippen LogP contribution < -0.4 is 15.1 Å². The van der Waals surface area contributed by atoms with E-state index >= 15 is 0 Å². The van der Waals surface area contributed by atoms with E-state index in [0.717, 1.165) is 43.6 Å². The third-order valence-corrected chi connectivity index (χ3v) is 5.69. The third-order valence-electron chi connectivity index (χ3n) is 4.75. The number of aryl methyl sites for hydroxylation is 1. The summed E-state index contributed by atoms with van der Waals surface area (Å²) in [5.41, 5.74) is 6.46. The molecule has 6 heteroatoms. The van der Waals surface area contributed by atoms with Gasteiger partial charge in [0.25, 0.3) is 0 Å². The van der Waals surface area contributed by atoms with E-state index in [4.69, 9.17) is 4.74 Å². The number of hydrazone groups is 1. The van der Waals surface area contributed by atoms with Crippen LogP contribution in [-0.4, -0.2) is 30.9 Å². The van der Waals surface area contributed by atoms with Crippen LogP contribution in [0.15, 0.2) is 59.0 Å². The van der Waals surface area contributed by atoms with Gasteiger partial charge in [-0.15, -0.1) is 11.3 Å². The molecule has 0 atom stereocenters. The number of nitrogens with one attached hydrogen (secondary N) is 1. The number of pyridine rings is 1. The lowest BCUT2D eigenvalue weighted by atomic mass is 10.2. The van der Waals surface area contributed by atoms with Crippen LogP contribution in [-0.2, 0) is 6.42 Å². The number of ether oxygens (including phenoxy) is 1. The van der Waals surface area contributed by atoms with Crippen LogP contribution in [0.25, 0.3) is 0 Å². The number of nitrogens with zero attached hydrogens (tertiary/aromatic N) is 3. The summed E-state index contributed by atoms with van der Waals surface area (Å²) in [6.07, 6.45) is 4.87. The van der Waals surface area contributed by atoms with Gasteiger partial charge in [-0.25, -0.2) is 0 Å². The fraction of sp³-hybridized carbons (Fsp3) is 0.360. The Hall–Kier alpha value is -2.86. The van der Waals surface area contributed by atoms with Gasteiger partial charge in [-0.05, 0) is 36.8 Å². The van der Waals surface area contributed by atoms with Crippen LogP contribution in [0.3, 0.4) is 0 Å². The Bertz CT molecular complexity index is 950. The van der Waals surface area contributed by atoms with Gasteiger partial charge in [0, 0.05) is 42.2 Å². The van der Waals surface area contributed by atoms with Crippen molar-refractivity contribution in [2.75, 3.05) is 30.0 Å². The molecule has 0 aliphatic rings. The van der Waals surface area contributed by atoms with Gasteiger partial charge < -0.3 is 9.64 Å². The van der Waals surface area contributed by atoms with E-state index in [1.165, 1.54) is 10.4 Å². The lowest BCUT2D eigenvalue weighted by Gasteiger charge is -2.24. The molecule has 3 aromatic rings. The van der Waals surface area contributed by atoms with E-state index in [0.29, 0.717) is 18.3 Å². The molecule has 2 heterocycles. The van der Waals surface area contributed by atoms with Crippen molar-refractivity contribution in [1.82, 2.24) is 4.98 Å². The second-order valence-corrected chi connectivity index (χ2v) is 8.53. The van der Waals surface area contributed by atoms with Crippen LogP contribution in [0, 0.1) is 6.92 Å². The molecular weight excluding hydrogens is 404 g/mol. The van der Waals surface area contributed by atoms with Crippen molar-refractivity contribution < 1.29 is 4.74 Å². The summed E-state index contributed by atoms with van der Waals surface area (Å²) in [5, 5.41) is 6.49. The number of hydrogen-bond acceptors (Lipinski definition) is 6. The van der Waals surface area contributed by atoms with E-state index < -0.39 is 0 Å². The van der Waals surface area contributed by atoms with Gasteiger partial charge in [-0.2, -0.15) is 10.1 Å². The summed E-state index contributed by atoms with van der Waals surface area (Å²) < 4.78 is 6.02. The van der Waals surface area contributed by atoms with Crippen LogP contribution in [0.2, 0.25) is 0 Å². The first-order chi connectivity index (χ1) is 15.2. The summed E-state index contributed by atoms with van der Waals surface area (Å²) in [7, 11) is 0. The summed E-state index contributed by atoms with van der Waals surface area (Å²) >= 11 is 1.75. The van der Waals surface area contributed by atoms with Crippen molar-refractivity contribution in [2.24, 2.45) is 5.10 Å². The van der Waals surface area contributed by atoms with E-state index in [-0.39, 0.29) is 0 Å². The monoisotopic (exact) mass is 436 g/mol. The molecule has 164 valence electrons. The largest absolute Gasteiger partial charge is 0.477 e. The molecule has 0 bridgehead atoms. The fourth-order valence-corrected chi connectivity index (χ4v) is 4.04. The quantitative estimate of drug-likeness (QED) is 0.273. The van der Waals surface area contributed by atoms with Crippen molar-refractivity contribution >= 4 is 29.1 Å². The molecule has 0 radical (unpaired) electrons. The minimum atomic E-state index is 0.602. The molecule has 31 heavy (non-hydrogen) atoms. The maximum Gasteiger partial charge on any atom is 0.217 e. The van der Waals surface area contributed by atoms with Gasteiger partial charge in [0.1, 0.15) is 0 Å². The third kappa shape index (κ3) is 7.40. The van der Waals surface area contributed by atoms with E-state index in [9.17, 15) is 0 Å². The highest BCUT2D eigenvalue weighted by Gasteiger charge is 2.10. The maximum atomic E-state index is 6.02. The maximum absolute atomic E-state index is 6.02. The molecule has 0 aliphatic heterocycles. The van der Waals surface area contributed by atoms with Gasteiger partial charge >= 0.3 is 0 Å². The standard InChI is InChI=1S/C25H32N4OS/c1-4-12-29(13-5-2)22-17-24(28-26-19-21-9-6-8-20(3)16-21)27-25(18-22)30-14-11-23-10-7-15-31-23/h6-10,15-19H,4-5,11-14H2,1-3H3,(H,27,28)/b26-19+. The lowest BCUT2D eigenvalue weighted by molar-refractivity contribution is 0.311. The van der Waals surface area contributed by atoms with Crippen molar-refractivity contribution in [3.05, 3.63) is 69.9 Å². The van der Waals surface area contributed by atoms with Crippen LogP contribution >= 0.6 is 11.3 Å². The summed E-state index contributed by atoms with van der Waals surface area (Å²) in [4.78, 5) is 8.33. The number of hydrogen-bond donors (Lipinski definition) is 1. The average molecular weight is 437 g/mol. The molecule has 0 fully saturated rings. The molecule has 0 saturated heterocycles. The minimum absolute atomic E-state index is 0.602. The minimum Gasteiger partial charge on any atom is -0.477 e. The predicted molar refractivity (Wildman–Crippen MR) is 133 cm³/mol. The molecule has 0 spiro atoms. The Morgan fingerprint density at radius 3 is 2.65 bits per heavy atom. The van der Waals surface area contributed by atoms with Crippen molar-refractivity contribution in [3.63, 3.8) is 0 Å². The van der Waals surface area contributed by atoms with E-state index in [1.807, 2.05) is 30.5 Å². The fourth-order valence-electron chi connectivity index (χ4n) is 3.35. The molecule has 0 saturated carbocycles. The molecule has 5 nitrogen and oxygen atoms in total. The summed E-state index contributed by atoms with van der Waals surface area (Å²) in [6.45, 7) is 9.08. The van der Waals surface area contributed by atoms with Gasteiger partial charge in [-0.1, -0.05) is 49.7 Å². The number of thiophene rings is 1. The molecular formula is C25H32N4OS. The Morgan fingerprint density at radius 2 is 1.94 bits per heavy atom. The van der Waals surface area contributed by atoms with Crippen molar-refractivity contribution in [2.45, 2.75) is 40.0 Å². The zero-order valence-corrected chi connectivity index (χ0v) is 19.5. The van der Waals surface area contributed by atoms with E-state index in [1.54, 1.807) is 11.3 Å².